The Kier molecular flexibility index (Phi) is 7.51. The number of para-hydroxylation sites is 1. The van der Waals surface area contributed by atoms with Gasteiger partial charge >= 0.3 is 0 Å². The van der Waals surface area contributed by atoms with E-state index in [0.29, 0.717) is 11.8 Å². The van der Waals surface area contributed by atoms with Crippen molar-refractivity contribution in [1.82, 2.24) is 19.9 Å². The van der Waals surface area contributed by atoms with Gasteiger partial charge in [-0.2, -0.15) is 15.0 Å². The standard InChI is InChI=1S/C24H30N8O2/c1-17(22-28-23(25)30-24(29-22)27-18-6-4-3-5-7-18)31(2)16-21(33)26-19-8-10-20(11-9-19)32-12-14-34-15-13-32/h3-11,17H,12-16H2,1-2H3,(H,26,33)(H3,25,27,28,29,30). The predicted octanol–water partition coefficient (Wildman–Crippen LogP) is 2.67. The molecule has 0 spiro atoms. The number of morpholine rings is 1. The smallest absolute Gasteiger partial charge is 0.238 e. The summed E-state index contributed by atoms with van der Waals surface area (Å²) in [4.78, 5) is 29.7. The zero-order chi connectivity index (χ0) is 23.9. The highest BCUT2D eigenvalue weighted by molar-refractivity contribution is 5.92. The number of amides is 1. The first-order valence-corrected chi connectivity index (χ1v) is 11.2. The zero-order valence-corrected chi connectivity index (χ0v) is 19.4. The Morgan fingerprint density at radius 3 is 2.47 bits per heavy atom. The third kappa shape index (κ3) is 6.18. The molecule has 1 amide bonds. The number of rotatable bonds is 8. The number of hydrogen-bond donors (Lipinski definition) is 3. The van der Waals surface area contributed by atoms with E-state index in [1.807, 2.05) is 73.5 Å². The molecule has 2 heterocycles. The molecule has 1 fully saturated rings. The van der Waals surface area contributed by atoms with Crippen LogP contribution in [0.2, 0.25) is 0 Å². The summed E-state index contributed by atoms with van der Waals surface area (Å²) in [6, 6.07) is 17.2. The molecule has 0 radical (unpaired) electrons. The highest BCUT2D eigenvalue weighted by Crippen LogP contribution is 2.21. The van der Waals surface area contributed by atoms with E-state index in [-0.39, 0.29) is 24.4 Å². The molecule has 3 aromatic rings. The molecule has 1 saturated heterocycles. The number of ether oxygens (including phenoxy) is 1. The van der Waals surface area contributed by atoms with Crippen molar-refractivity contribution in [2.45, 2.75) is 13.0 Å². The van der Waals surface area contributed by atoms with Crippen molar-refractivity contribution in [3.05, 3.63) is 60.4 Å². The van der Waals surface area contributed by atoms with Gasteiger partial charge in [-0.15, -0.1) is 0 Å². The Morgan fingerprint density at radius 2 is 1.76 bits per heavy atom. The van der Waals surface area contributed by atoms with Gasteiger partial charge in [0.05, 0.1) is 25.8 Å². The highest BCUT2D eigenvalue weighted by Gasteiger charge is 2.19. The van der Waals surface area contributed by atoms with Crippen LogP contribution in [0.5, 0.6) is 0 Å². The number of nitrogens with two attached hydrogens (primary N) is 1. The van der Waals surface area contributed by atoms with Crippen molar-refractivity contribution in [2.75, 3.05) is 61.2 Å². The molecule has 1 aliphatic rings. The van der Waals surface area contributed by atoms with Crippen molar-refractivity contribution >= 4 is 34.9 Å². The predicted molar refractivity (Wildman–Crippen MR) is 133 cm³/mol. The van der Waals surface area contributed by atoms with Gasteiger partial charge in [0.1, 0.15) is 0 Å². The summed E-state index contributed by atoms with van der Waals surface area (Å²) in [5, 5.41) is 6.08. The third-order valence-corrected chi connectivity index (χ3v) is 5.66. The molecule has 178 valence electrons. The first-order valence-electron chi connectivity index (χ1n) is 11.2. The fourth-order valence-corrected chi connectivity index (χ4v) is 3.64. The second kappa shape index (κ2) is 10.9. The van der Waals surface area contributed by atoms with E-state index in [9.17, 15) is 4.79 Å². The number of nitrogens with one attached hydrogen (secondary N) is 2. The van der Waals surface area contributed by atoms with Crippen molar-refractivity contribution in [2.24, 2.45) is 0 Å². The third-order valence-electron chi connectivity index (χ3n) is 5.66. The molecule has 2 aromatic carbocycles. The number of aromatic nitrogens is 3. The molecule has 10 heteroatoms. The second-order valence-corrected chi connectivity index (χ2v) is 8.15. The normalized spacial score (nSPS) is 14.6. The fraction of sp³-hybridized carbons (Fsp3) is 0.333. The van der Waals surface area contributed by atoms with Gasteiger partial charge in [-0.1, -0.05) is 18.2 Å². The largest absolute Gasteiger partial charge is 0.378 e. The van der Waals surface area contributed by atoms with Crippen LogP contribution in [0.25, 0.3) is 0 Å². The highest BCUT2D eigenvalue weighted by atomic mass is 16.5. The van der Waals surface area contributed by atoms with Crippen LogP contribution in [-0.2, 0) is 9.53 Å². The van der Waals surface area contributed by atoms with Crippen molar-refractivity contribution < 1.29 is 9.53 Å². The Labute approximate surface area is 199 Å². The molecule has 10 nitrogen and oxygen atoms in total. The van der Waals surface area contributed by atoms with Gasteiger partial charge in [-0.05, 0) is 50.4 Å². The zero-order valence-electron chi connectivity index (χ0n) is 19.4. The van der Waals surface area contributed by atoms with Crippen molar-refractivity contribution in [1.29, 1.82) is 0 Å². The maximum absolute atomic E-state index is 12.7. The molecule has 1 aliphatic heterocycles. The van der Waals surface area contributed by atoms with Crippen LogP contribution < -0.4 is 21.3 Å². The Bertz CT molecular complexity index is 1090. The van der Waals surface area contributed by atoms with Crippen molar-refractivity contribution in [3.63, 3.8) is 0 Å². The number of hydrogen-bond acceptors (Lipinski definition) is 9. The molecule has 34 heavy (non-hydrogen) atoms. The molecule has 0 bridgehead atoms. The minimum atomic E-state index is -0.254. The molecule has 1 unspecified atom stereocenters. The number of likely N-dealkylation sites (N-methyl/N-ethyl adjacent to an activating group) is 1. The number of benzene rings is 2. The minimum absolute atomic E-state index is 0.119. The van der Waals surface area contributed by atoms with Crippen LogP contribution in [0.3, 0.4) is 0 Å². The van der Waals surface area contributed by atoms with E-state index >= 15 is 0 Å². The summed E-state index contributed by atoms with van der Waals surface area (Å²) in [5.74, 6) is 0.835. The summed E-state index contributed by atoms with van der Waals surface area (Å²) in [6.07, 6.45) is 0. The summed E-state index contributed by atoms with van der Waals surface area (Å²) in [6.45, 7) is 5.31. The molecule has 1 aromatic heterocycles. The summed E-state index contributed by atoms with van der Waals surface area (Å²) >= 11 is 0. The van der Waals surface area contributed by atoms with Gasteiger partial charge in [0.15, 0.2) is 5.82 Å². The Morgan fingerprint density at radius 1 is 1.06 bits per heavy atom. The molecule has 1 atom stereocenters. The van der Waals surface area contributed by atoms with Gasteiger partial charge in [-0.3, -0.25) is 9.69 Å². The number of carbonyl (C=O) groups excluding carboxylic acids is 1. The van der Waals surface area contributed by atoms with E-state index < -0.39 is 0 Å². The maximum Gasteiger partial charge on any atom is 0.238 e. The number of nitrogens with zero attached hydrogens (tertiary/aromatic N) is 5. The maximum atomic E-state index is 12.7. The van der Waals surface area contributed by atoms with Gasteiger partial charge in [0, 0.05) is 30.2 Å². The monoisotopic (exact) mass is 462 g/mol. The lowest BCUT2D eigenvalue weighted by molar-refractivity contribution is -0.117. The van der Waals surface area contributed by atoms with Crippen LogP contribution in [0.15, 0.2) is 54.6 Å². The lowest BCUT2D eigenvalue weighted by Gasteiger charge is -2.29. The van der Waals surface area contributed by atoms with Gasteiger partial charge in [0.2, 0.25) is 17.8 Å². The van der Waals surface area contributed by atoms with Gasteiger partial charge < -0.3 is 26.0 Å². The lowest BCUT2D eigenvalue weighted by Crippen LogP contribution is -2.36. The second-order valence-electron chi connectivity index (χ2n) is 8.15. The van der Waals surface area contributed by atoms with Crippen LogP contribution >= 0.6 is 0 Å². The van der Waals surface area contributed by atoms with Crippen LogP contribution in [0.4, 0.5) is 29.0 Å². The topological polar surface area (TPSA) is 122 Å². The Balaban J connectivity index is 1.34. The summed E-state index contributed by atoms with van der Waals surface area (Å²) in [7, 11) is 1.84. The molecule has 4 rings (SSSR count). The van der Waals surface area contributed by atoms with Crippen LogP contribution in [0.1, 0.15) is 18.8 Å². The molecule has 4 N–H and O–H groups in total. The Hall–Kier alpha value is -3.76. The van der Waals surface area contributed by atoms with E-state index in [4.69, 9.17) is 10.5 Å². The molecule has 0 saturated carbocycles. The molecular formula is C24H30N8O2. The molecule has 0 aliphatic carbocycles. The van der Waals surface area contributed by atoms with E-state index in [2.05, 4.69) is 30.5 Å². The van der Waals surface area contributed by atoms with Crippen LogP contribution in [0, 0.1) is 0 Å². The number of carbonyl (C=O) groups is 1. The SMILES string of the molecule is CC(c1nc(N)nc(Nc2ccccc2)n1)N(C)CC(=O)Nc1ccc(N2CCOCC2)cc1. The number of nitrogen functional groups attached to an aromatic ring is 1. The fourth-order valence-electron chi connectivity index (χ4n) is 3.64. The average Bonchev–Trinajstić information content (AvgIpc) is 2.84. The summed E-state index contributed by atoms with van der Waals surface area (Å²) in [5.41, 5.74) is 8.63. The first kappa shape index (κ1) is 23.4. The van der Waals surface area contributed by atoms with E-state index in [1.165, 1.54) is 0 Å². The van der Waals surface area contributed by atoms with E-state index in [1.54, 1.807) is 0 Å². The van der Waals surface area contributed by atoms with Crippen molar-refractivity contribution in [3.8, 4) is 0 Å². The lowest BCUT2D eigenvalue weighted by atomic mass is 10.2. The average molecular weight is 463 g/mol. The summed E-state index contributed by atoms with van der Waals surface area (Å²) < 4.78 is 5.40. The van der Waals surface area contributed by atoms with Gasteiger partial charge in [0.25, 0.3) is 0 Å². The van der Waals surface area contributed by atoms with Crippen LogP contribution in [-0.4, -0.2) is 65.7 Å². The minimum Gasteiger partial charge on any atom is -0.378 e. The first-order chi connectivity index (χ1) is 16.5. The quantitative estimate of drug-likeness (QED) is 0.464. The van der Waals surface area contributed by atoms with E-state index in [0.717, 1.165) is 43.4 Å². The molecular weight excluding hydrogens is 432 g/mol. The van der Waals surface area contributed by atoms with Gasteiger partial charge in [-0.25, -0.2) is 0 Å². The number of anilines is 5.